The first-order valence-electron chi connectivity index (χ1n) is 15.7. The summed E-state index contributed by atoms with van der Waals surface area (Å²) in [5.74, 6) is 7.00. The van der Waals surface area contributed by atoms with Crippen molar-refractivity contribution in [2.45, 2.75) is 111 Å². The van der Waals surface area contributed by atoms with E-state index in [1.807, 2.05) is 0 Å². The van der Waals surface area contributed by atoms with Crippen LogP contribution in [0.5, 0.6) is 0 Å². The minimum absolute atomic E-state index is 0.721. The van der Waals surface area contributed by atoms with Gasteiger partial charge in [-0.1, -0.05) is 111 Å². The van der Waals surface area contributed by atoms with Gasteiger partial charge in [-0.05, 0) is 47.3 Å². The van der Waals surface area contributed by atoms with Crippen molar-refractivity contribution in [3.8, 4) is 0 Å². The third-order valence-electron chi connectivity index (χ3n) is 6.02. The van der Waals surface area contributed by atoms with Crippen LogP contribution in [0.15, 0.2) is 0 Å². The van der Waals surface area contributed by atoms with E-state index in [9.17, 15) is 0 Å². The molecule has 0 fully saturated rings. The molecule has 240 valence electrons. The maximum atomic E-state index is 8.52. The van der Waals surface area contributed by atoms with E-state index in [2.05, 4.69) is 111 Å². The Labute approximate surface area is 249 Å². The minimum Gasteiger partial charge on any atom is -0.759 e. The zero-order chi connectivity index (χ0) is 31.8. The monoisotopic (exact) mass is 614 g/mol. The Bertz CT molecular complexity index is 541. The smallest absolute Gasteiger partial charge is 0.0617 e. The fourth-order valence-corrected chi connectivity index (χ4v) is 21.3. The number of hydrogen-bond donors (Lipinski definition) is 0. The van der Waals surface area contributed by atoms with Crippen molar-refractivity contribution in [1.82, 2.24) is 0 Å². The molecule has 0 radical (unpaired) electrons. The molecule has 0 unspecified atom stereocenters. The first kappa shape index (κ1) is 44.2. The molecule has 0 rings (SSSR count). The predicted octanol–water partition coefficient (Wildman–Crippen LogP) is 9.92. The van der Waals surface area contributed by atoms with Gasteiger partial charge in [0.25, 0.3) is 0 Å². The lowest BCUT2D eigenvalue weighted by Crippen LogP contribution is -2.22. The van der Waals surface area contributed by atoms with Crippen molar-refractivity contribution >= 4 is 24.9 Å². The van der Waals surface area contributed by atoms with Gasteiger partial charge in [-0.3, -0.25) is 8.42 Å². The molecule has 0 amide bonds. The van der Waals surface area contributed by atoms with E-state index < -0.39 is 24.9 Å². The van der Waals surface area contributed by atoms with Crippen molar-refractivity contribution in [3.63, 3.8) is 0 Å². The molecular formula is C32H72O4P2S. The van der Waals surface area contributed by atoms with Gasteiger partial charge >= 0.3 is 0 Å². The van der Waals surface area contributed by atoms with Crippen LogP contribution in [0.25, 0.3) is 0 Å². The second-order valence-electron chi connectivity index (χ2n) is 15.7. The van der Waals surface area contributed by atoms with Crippen LogP contribution in [-0.2, 0) is 10.4 Å². The van der Waals surface area contributed by atoms with E-state index in [0.717, 1.165) is 47.3 Å². The molecule has 0 atom stereocenters. The summed E-state index contributed by atoms with van der Waals surface area (Å²) >= 11 is 0. The molecule has 4 nitrogen and oxygen atoms in total. The Morgan fingerprint density at radius 3 is 0.487 bits per heavy atom. The van der Waals surface area contributed by atoms with E-state index in [4.69, 9.17) is 17.5 Å². The van der Waals surface area contributed by atoms with Crippen LogP contribution in [0.3, 0.4) is 0 Å². The average molecular weight is 615 g/mol. The maximum Gasteiger partial charge on any atom is 0.0617 e. The van der Waals surface area contributed by atoms with E-state index in [0.29, 0.717) is 0 Å². The van der Waals surface area contributed by atoms with Crippen molar-refractivity contribution in [2.75, 3.05) is 49.3 Å². The topological polar surface area (TPSA) is 80.3 Å². The fourth-order valence-electron chi connectivity index (χ4n) is 7.09. The maximum absolute atomic E-state index is 8.52. The van der Waals surface area contributed by atoms with Crippen LogP contribution in [0.4, 0.5) is 0 Å². The fraction of sp³-hybridized carbons (Fsp3) is 1.00. The van der Waals surface area contributed by atoms with Crippen LogP contribution >= 0.6 is 14.5 Å². The van der Waals surface area contributed by atoms with Gasteiger partial charge in [-0.25, -0.2) is 0 Å². The zero-order valence-corrected chi connectivity index (χ0v) is 31.8. The third kappa shape index (κ3) is 31.5. The molecule has 39 heavy (non-hydrogen) atoms. The van der Waals surface area contributed by atoms with Crippen molar-refractivity contribution in [2.24, 2.45) is 47.3 Å². The average Bonchev–Trinajstić information content (AvgIpc) is 2.54. The van der Waals surface area contributed by atoms with E-state index >= 15 is 0 Å². The molecule has 0 aromatic heterocycles. The summed E-state index contributed by atoms with van der Waals surface area (Å²) < 4.78 is 34.1. The Kier molecular flexibility index (Phi) is 24.3. The van der Waals surface area contributed by atoms with E-state index in [-0.39, 0.29) is 0 Å². The molecule has 0 aromatic carbocycles. The predicted molar refractivity (Wildman–Crippen MR) is 182 cm³/mol. The Morgan fingerprint density at radius 2 is 0.436 bits per heavy atom. The first-order chi connectivity index (χ1) is 17.3. The molecule has 0 spiro atoms. The molecular weight excluding hydrogens is 542 g/mol. The van der Waals surface area contributed by atoms with Crippen LogP contribution in [0.2, 0.25) is 0 Å². The summed E-state index contributed by atoms with van der Waals surface area (Å²) in [5, 5.41) is 0. The second kappa shape index (κ2) is 21.4. The second-order valence-corrected chi connectivity index (χ2v) is 24.8. The normalized spacial score (nSPS) is 13.2. The van der Waals surface area contributed by atoms with Crippen LogP contribution in [0, 0.1) is 47.3 Å². The van der Waals surface area contributed by atoms with Crippen LogP contribution in [-0.4, -0.2) is 66.8 Å². The molecule has 0 aliphatic carbocycles. The molecule has 0 saturated carbocycles. The number of rotatable bonds is 16. The van der Waals surface area contributed by atoms with Crippen LogP contribution in [0.1, 0.15) is 111 Å². The molecule has 0 aliphatic rings. The molecule has 0 heterocycles. The Balaban J connectivity index is -0.000000566. The lowest BCUT2D eigenvalue weighted by atomic mass is 10.2. The molecule has 0 N–H and O–H groups in total. The highest BCUT2D eigenvalue weighted by Gasteiger charge is 2.40. The molecule has 0 aromatic rings. The van der Waals surface area contributed by atoms with Gasteiger partial charge in [0.15, 0.2) is 0 Å². The third-order valence-corrected chi connectivity index (χ3v) is 18.1. The largest absolute Gasteiger partial charge is 0.759 e. The molecule has 0 bridgehead atoms. The van der Waals surface area contributed by atoms with Crippen LogP contribution < -0.4 is 0 Å². The standard InChI is InChI=1S/2C16H36P.H2O4S/c2*1-13(2)9-17(10-14(3)4,11-15(5)6)12-16(7)8;1-5(2,3)4/h2*13-16H,9-12H2,1-8H3;(H2,1,2,3,4)/q2*+1;/p-2. The Hall–Kier alpha value is 0.730. The lowest BCUT2D eigenvalue weighted by molar-refractivity contribution is 0.352. The summed E-state index contributed by atoms with van der Waals surface area (Å²) in [6.45, 7) is 38.6. The highest BCUT2D eigenvalue weighted by molar-refractivity contribution is 7.79. The van der Waals surface area contributed by atoms with Gasteiger partial charge in [0, 0.05) is 24.9 Å². The van der Waals surface area contributed by atoms with Crippen molar-refractivity contribution in [3.05, 3.63) is 0 Å². The number of hydrogen-bond acceptors (Lipinski definition) is 4. The van der Waals surface area contributed by atoms with Crippen molar-refractivity contribution < 1.29 is 17.5 Å². The summed E-state index contributed by atoms with van der Waals surface area (Å²) in [6.07, 6.45) is 12.1. The molecule has 7 heteroatoms. The zero-order valence-electron chi connectivity index (χ0n) is 29.2. The highest BCUT2D eigenvalue weighted by atomic mass is 32.3. The van der Waals surface area contributed by atoms with Gasteiger partial charge in [0.2, 0.25) is 0 Å². The molecule has 0 saturated heterocycles. The SMILES string of the molecule is CC(C)C[P+](CC(C)C)(CC(C)C)CC(C)C.CC(C)C[P+](CC(C)C)(CC(C)C)CC(C)C.O=S(=O)([O-])[O-]. The minimum atomic E-state index is -5.17. The summed E-state index contributed by atoms with van der Waals surface area (Å²) in [6, 6.07) is 0. The van der Waals surface area contributed by atoms with Gasteiger partial charge in [0.1, 0.15) is 0 Å². The van der Waals surface area contributed by atoms with Crippen molar-refractivity contribution in [1.29, 1.82) is 0 Å². The van der Waals surface area contributed by atoms with Gasteiger partial charge in [-0.2, -0.15) is 0 Å². The lowest BCUT2D eigenvalue weighted by Gasteiger charge is -2.33. The van der Waals surface area contributed by atoms with Gasteiger partial charge in [-0.15, -0.1) is 0 Å². The molecule has 0 aliphatic heterocycles. The van der Waals surface area contributed by atoms with E-state index in [1.165, 1.54) is 49.3 Å². The summed E-state index contributed by atoms with van der Waals surface area (Å²) in [4.78, 5) is 0. The van der Waals surface area contributed by atoms with E-state index in [1.54, 1.807) is 0 Å². The van der Waals surface area contributed by atoms with Gasteiger partial charge < -0.3 is 9.11 Å². The van der Waals surface area contributed by atoms with Gasteiger partial charge in [0.05, 0.1) is 49.3 Å². The highest BCUT2D eigenvalue weighted by Crippen LogP contribution is 2.64. The summed E-state index contributed by atoms with van der Waals surface area (Å²) in [7, 11) is -6.61. The quantitative estimate of drug-likeness (QED) is 0.0984. The Morgan fingerprint density at radius 1 is 0.359 bits per heavy atom. The first-order valence-corrected chi connectivity index (χ1v) is 22.1. The summed E-state index contributed by atoms with van der Waals surface area (Å²) in [5.41, 5.74) is 0.